The van der Waals surface area contributed by atoms with Crippen LogP contribution in [0.15, 0.2) is 84.9 Å². The third kappa shape index (κ3) is 8.20. The third-order valence-electron chi connectivity index (χ3n) is 8.77. The van der Waals surface area contributed by atoms with E-state index < -0.39 is 6.09 Å². The standard InChI is InChI=1S/C35H43N3O3/c39-33(31-17-15-29(16-18-31)26-36-34(40)41-27-30-13-7-4-8-14-30)37-32-19-21-35(22-20-32,25-28-11-5-3-6-12-28)38-23-9-1-2-10-24-38/h3-8,11-18,32H,1-2,9-10,19-27H2,(H,36,40)(H,37,39). The highest BCUT2D eigenvalue weighted by Gasteiger charge is 2.40. The maximum absolute atomic E-state index is 13.1. The van der Waals surface area contributed by atoms with Crippen LogP contribution < -0.4 is 10.6 Å². The second-order valence-electron chi connectivity index (χ2n) is 11.6. The Morgan fingerprint density at radius 3 is 2.00 bits per heavy atom. The summed E-state index contributed by atoms with van der Waals surface area (Å²) in [5.74, 6) is -0.0258. The number of amides is 2. The first kappa shape index (κ1) is 28.9. The van der Waals surface area contributed by atoms with Crippen molar-refractivity contribution in [1.29, 1.82) is 0 Å². The van der Waals surface area contributed by atoms with Crippen LogP contribution in [0.5, 0.6) is 0 Å². The summed E-state index contributed by atoms with van der Waals surface area (Å²) < 4.78 is 5.27. The lowest BCUT2D eigenvalue weighted by Gasteiger charge is -2.48. The van der Waals surface area contributed by atoms with E-state index in [4.69, 9.17) is 4.74 Å². The van der Waals surface area contributed by atoms with Crippen LogP contribution in [0, 0.1) is 0 Å². The largest absolute Gasteiger partial charge is 0.445 e. The molecule has 0 spiro atoms. The fourth-order valence-corrected chi connectivity index (χ4v) is 6.42. The molecule has 1 heterocycles. The average Bonchev–Trinajstić information content (AvgIpc) is 3.32. The van der Waals surface area contributed by atoms with Crippen molar-refractivity contribution in [2.45, 2.75) is 82.5 Å². The Kier molecular flexibility index (Phi) is 10.1. The van der Waals surface area contributed by atoms with Crippen molar-refractivity contribution in [2.75, 3.05) is 13.1 Å². The van der Waals surface area contributed by atoms with Gasteiger partial charge in [-0.3, -0.25) is 9.69 Å². The highest BCUT2D eigenvalue weighted by molar-refractivity contribution is 5.94. The second kappa shape index (κ2) is 14.3. The van der Waals surface area contributed by atoms with Gasteiger partial charge in [-0.05, 0) is 86.9 Å². The van der Waals surface area contributed by atoms with Gasteiger partial charge in [-0.2, -0.15) is 0 Å². The van der Waals surface area contributed by atoms with Crippen LogP contribution in [0.1, 0.15) is 78.4 Å². The van der Waals surface area contributed by atoms with Crippen molar-refractivity contribution < 1.29 is 14.3 Å². The Morgan fingerprint density at radius 2 is 1.37 bits per heavy atom. The molecule has 2 aliphatic rings. The highest BCUT2D eigenvalue weighted by atomic mass is 16.5. The lowest BCUT2D eigenvalue weighted by atomic mass is 9.74. The molecular formula is C35H43N3O3. The van der Waals surface area contributed by atoms with E-state index in [-0.39, 0.29) is 24.1 Å². The molecule has 1 aliphatic carbocycles. The van der Waals surface area contributed by atoms with Crippen LogP contribution >= 0.6 is 0 Å². The summed E-state index contributed by atoms with van der Waals surface area (Å²) in [6, 6.07) is 28.2. The van der Waals surface area contributed by atoms with E-state index >= 15 is 0 Å². The predicted molar refractivity (Wildman–Crippen MR) is 163 cm³/mol. The zero-order valence-electron chi connectivity index (χ0n) is 24.0. The normalized spacial score (nSPS) is 21.4. The first-order valence-corrected chi connectivity index (χ1v) is 15.2. The zero-order valence-corrected chi connectivity index (χ0v) is 24.0. The monoisotopic (exact) mass is 553 g/mol. The molecule has 1 saturated carbocycles. The number of rotatable bonds is 9. The quantitative estimate of drug-likeness (QED) is 0.312. The van der Waals surface area contributed by atoms with Gasteiger partial charge in [-0.25, -0.2) is 4.79 Å². The van der Waals surface area contributed by atoms with Crippen molar-refractivity contribution in [3.05, 3.63) is 107 Å². The number of hydrogen-bond donors (Lipinski definition) is 2. The van der Waals surface area contributed by atoms with Gasteiger partial charge in [0.1, 0.15) is 6.61 Å². The molecule has 2 N–H and O–H groups in total. The van der Waals surface area contributed by atoms with Crippen LogP contribution in [-0.4, -0.2) is 41.6 Å². The second-order valence-corrected chi connectivity index (χ2v) is 11.6. The number of benzene rings is 3. The highest BCUT2D eigenvalue weighted by Crippen LogP contribution is 2.38. The molecule has 5 rings (SSSR count). The van der Waals surface area contributed by atoms with Crippen molar-refractivity contribution in [2.24, 2.45) is 0 Å². The summed E-state index contributed by atoms with van der Waals surface area (Å²) in [5.41, 5.74) is 4.11. The Morgan fingerprint density at radius 1 is 0.756 bits per heavy atom. The van der Waals surface area contributed by atoms with Crippen molar-refractivity contribution in [1.82, 2.24) is 15.5 Å². The Balaban J connectivity index is 1.11. The fourth-order valence-electron chi connectivity index (χ4n) is 6.42. The summed E-state index contributed by atoms with van der Waals surface area (Å²) >= 11 is 0. The van der Waals surface area contributed by atoms with E-state index in [9.17, 15) is 9.59 Å². The number of ether oxygens (including phenoxy) is 1. The van der Waals surface area contributed by atoms with Gasteiger partial charge >= 0.3 is 6.09 Å². The molecule has 6 nitrogen and oxygen atoms in total. The van der Waals surface area contributed by atoms with Gasteiger partial charge in [0.25, 0.3) is 5.91 Å². The number of nitrogens with one attached hydrogen (secondary N) is 2. The van der Waals surface area contributed by atoms with E-state index in [1.165, 1.54) is 44.3 Å². The van der Waals surface area contributed by atoms with E-state index in [1.54, 1.807) is 0 Å². The molecule has 41 heavy (non-hydrogen) atoms. The van der Waals surface area contributed by atoms with Crippen LogP contribution in [0.2, 0.25) is 0 Å². The number of nitrogens with zero attached hydrogens (tertiary/aromatic N) is 1. The molecule has 0 radical (unpaired) electrons. The van der Waals surface area contributed by atoms with Crippen LogP contribution in [0.4, 0.5) is 4.79 Å². The van der Waals surface area contributed by atoms with Crippen LogP contribution in [0.25, 0.3) is 0 Å². The smallest absolute Gasteiger partial charge is 0.407 e. The van der Waals surface area contributed by atoms with Crippen LogP contribution in [0.3, 0.4) is 0 Å². The molecule has 3 aromatic carbocycles. The van der Waals surface area contributed by atoms with Crippen molar-refractivity contribution in [3.63, 3.8) is 0 Å². The number of carbonyl (C=O) groups is 2. The molecule has 6 heteroatoms. The van der Waals surface area contributed by atoms with Crippen molar-refractivity contribution >= 4 is 12.0 Å². The summed E-state index contributed by atoms with van der Waals surface area (Å²) in [5, 5.41) is 6.08. The zero-order chi connectivity index (χ0) is 28.3. The molecule has 1 aliphatic heterocycles. The van der Waals surface area contributed by atoms with E-state index in [0.29, 0.717) is 12.1 Å². The molecule has 3 aromatic rings. The van der Waals surface area contributed by atoms with Crippen molar-refractivity contribution in [3.8, 4) is 0 Å². The Hall–Kier alpha value is -3.64. The maximum atomic E-state index is 13.1. The first-order chi connectivity index (χ1) is 20.1. The van der Waals surface area contributed by atoms with E-state index in [1.807, 2.05) is 54.6 Å². The van der Waals surface area contributed by atoms with E-state index in [0.717, 1.165) is 43.2 Å². The van der Waals surface area contributed by atoms with Gasteiger partial charge in [0, 0.05) is 23.7 Å². The lowest BCUT2D eigenvalue weighted by molar-refractivity contribution is 0.0429. The summed E-state index contributed by atoms with van der Waals surface area (Å²) in [4.78, 5) is 27.9. The van der Waals surface area contributed by atoms with Gasteiger partial charge in [0.15, 0.2) is 0 Å². The summed E-state index contributed by atoms with van der Waals surface area (Å²) in [6.07, 6.45) is 10.1. The minimum atomic E-state index is -0.462. The van der Waals surface area contributed by atoms with Gasteiger partial charge in [0.05, 0.1) is 0 Å². The topological polar surface area (TPSA) is 70.7 Å². The number of hydrogen-bond acceptors (Lipinski definition) is 4. The molecule has 216 valence electrons. The summed E-state index contributed by atoms with van der Waals surface area (Å²) in [6.45, 7) is 2.96. The molecule has 0 aromatic heterocycles. The fraction of sp³-hybridized carbons (Fsp3) is 0.429. The third-order valence-corrected chi connectivity index (χ3v) is 8.77. The van der Waals surface area contributed by atoms with Gasteiger partial charge in [0.2, 0.25) is 0 Å². The van der Waals surface area contributed by atoms with E-state index in [2.05, 4.69) is 45.9 Å². The molecule has 2 amide bonds. The number of alkyl carbamates (subject to hydrolysis) is 1. The SMILES string of the molecule is O=C(NCc1ccc(C(=O)NC2CCC(Cc3ccccc3)(N3CCCCCC3)CC2)cc1)OCc1ccccc1. The van der Waals surface area contributed by atoms with Gasteiger partial charge in [-0.15, -0.1) is 0 Å². The molecular weight excluding hydrogens is 510 g/mol. The maximum Gasteiger partial charge on any atom is 0.407 e. The lowest BCUT2D eigenvalue weighted by Crippen LogP contribution is -2.55. The minimum absolute atomic E-state index is 0.0258. The minimum Gasteiger partial charge on any atom is -0.445 e. The van der Waals surface area contributed by atoms with Gasteiger partial charge < -0.3 is 15.4 Å². The van der Waals surface area contributed by atoms with Crippen LogP contribution in [-0.2, 0) is 24.3 Å². The van der Waals surface area contributed by atoms with Gasteiger partial charge in [-0.1, -0.05) is 85.6 Å². The number of likely N-dealkylation sites (tertiary alicyclic amines) is 1. The molecule has 0 atom stereocenters. The molecule has 0 unspecified atom stereocenters. The molecule has 0 bridgehead atoms. The first-order valence-electron chi connectivity index (χ1n) is 15.2. The Bertz CT molecular complexity index is 1230. The molecule has 2 fully saturated rings. The Labute approximate surface area is 244 Å². The predicted octanol–water partition coefficient (Wildman–Crippen LogP) is 6.64. The summed E-state index contributed by atoms with van der Waals surface area (Å²) in [7, 11) is 0. The number of carbonyl (C=O) groups excluding carboxylic acids is 2. The molecule has 1 saturated heterocycles. The average molecular weight is 554 g/mol.